The van der Waals surface area contributed by atoms with Crippen molar-refractivity contribution in [2.75, 3.05) is 25.0 Å². The highest BCUT2D eigenvalue weighted by Gasteiger charge is 2.25. The van der Waals surface area contributed by atoms with E-state index >= 15 is 0 Å². The molecule has 3 heterocycles. The number of aromatic nitrogens is 3. The minimum absolute atomic E-state index is 0.129. The molecule has 0 saturated heterocycles. The van der Waals surface area contributed by atoms with Crippen LogP contribution in [0.15, 0.2) is 54.7 Å². The topological polar surface area (TPSA) is 71.0 Å². The second kappa shape index (κ2) is 7.53. The van der Waals surface area contributed by atoms with E-state index in [2.05, 4.69) is 20.2 Å². The molecule has 0 bridgehead atoms. The van der Waals surface area contributed by atoms with Crippen LogP contribution in [0.5, 0.6) is 0 Å². The Morgan fingerprint density at radius 3 is 2.67 bits per heavy atom. The standard InChI is InChI=1S/C21H21N5O/c1-26(14-11-16-9-5-6-12-22-16)20-17-10-13-23-21(27)18(17)24-19(25-20)15-7-3-2-4-8-15/h2-9,12H,10-11,13-14H2,1H3,(H,23,27). The number of carbonyl (C=O) groups excluding carboxylic acids is 1. The first kappa shape index (κ1) is 17.1. The van der Waals surface area contributed by atoms with Gasteiger partial charge in [-0.15, -0.1) is 0 Å². The number of nitrogens with one attached hydrogen (secondary N) is 1. The molecule has 0 spiro atoms. The first-order valence-corrected chi connectivity index (χ1v) is 9.08. The molecule has 27 heavy (non-hydrogen) atoms. The molecule has 0 atom stereocenters. The van der Waals surface area contributed by atoms with Crippen molar-refractivity contribution < 1.29 is 4.79 Å². The van der Waals surface area contributed by atoms with Gasteiger partial charge in [0.2, 0.25) is 0 Å². The fourth-order valence-corrected chi connectivity index (χ4v) is 3.24. The summed E-state index contributed by atoms with van der Waals surface area (Å²) in [5.41, 5.74) is 3.34. The summed E-state index contributed by atoms with van der Waals surface area (Å²) in [4.78, 5) is 28.3. The zero-order chi connectivity index (χ0) is 18.6. The number of hydrogen-bond acceptors (Lipinski definition) is 5. The number of carbonyl (C=O) groups is 1. The van der Waals surface area contributed by atoms with Gasteiger partial charge in [-0.3, -0.25) is 9.78 Å². The van der Waals surface area contributed by atoms with Crippen LogP contribution in [0.4, 0.5) is 5.82 Å². The van der Waals surface area contributed by atoms with Gasteiger partial charge in [-0.05, 0) is 18.6 Å². The molecule has 1 aliphatic rings. The monoisotopic (exact) mass is 359 g/mol. The van der Waals surface area contributed by atoms with Crippen LogP contribution >= 0.6 is 0 Å². The number of rotatable bonds is 5. The third-order valence-corrected chi connectivity index (χ3v) is 4.68. The van der Waals surface area contributed by atoms with Gasteiger partial charge in [-0.2, -0.15) is 0 Å². The number of hydrogen-bond donors (Lipinski definition) is 1. The second-order valence-corrected chi connectivity index (χ2v) is 6.56. The lowest BCUT2D eigenvalue weighted by Gasteiger charge is -2.25. The lowest BCUT2D eigenvalue weighted by molar-refractivity contribution is 0.0940. The second-order valence-electron chi connectivity index (χ2n) is 6.56. The first-order chi connectivity index (χ1) is 13.2. The lowest BCUT2D eigenvalue weighted by atomic mass is 10.0. The molecule has 1 aliphatic heterocycles. The summed E-state index contributed by atoms with van der Waals surface area (Å²) >= 11 is 0. The third kappa shape index (κ3) is 3.65. The average molecular weight is 359 g/mol. The molecule has 4 rings (SSSR count). The summed E-state index contributed by atoms with van der Waals surface area (Å²) in [5, 5.41) is 2.88. The number of pyridine rings is 1. The van der Waals surface area contributed by atoms with Crippen LogP contribution in [0.2, 0.25) is 0 Å². The normalized spacial score (nSPS) is 13.0. The molecule has 2 aromatic heterocycles. The number of fused-ring (bicyclic) bond motifs is 1. The largest absolute Gasteiger partial charge is 0.359 e. The third-order valence-electron chi connectivity index (χ3n) is 4.68. The fraction of sp³-hybridized carbons (Fsp3) is 0.238. The average Bonchev–Trinajstić information content (AvgIpc) is 2.73. The maximum absolute atomic E-state index is 12.4. The SMILES string of the molecule is CN(CCc1ccccn1)c1nc(-c2ccccc2)nc2c1CCNC2=O. The molecule has 3 aromatic rings. The van der Waals surface area contributed by atoms with Crippen LogP contribution in [-0.2, 0) is 12.8 Å². The summed E-state index contributed by atoms with van der Waals surface area (Å²) in [6.07, 6.45) is 3.35. The Kier molecular flexibility index (Phi) is 4.78. The van der Waals surface area contributed by atoms with E-state index in [0.29, 0.717) is 18.1 Å². The van der Waals surface area contributed by atoms with Crippen molar-refractivity contribution in [1.82, 2.24) is 20.3 Å². The molecule has 0 radical (unpaired) electrons. The van der Waals surface area contributed by atoms with E-state index in [1.807, 2.05) is 55.6 Å². The van der Waals surface area contributed by atoms with Crippen molar-refractivity contribution in [3.63, 3.8) is 0 Å². The Hall–Kier alpha value is -3.28. The maximum atomic E-state index is 12.4. The van der Waals surface area contributed by atoms with Gasteiger partial charge in [0.25, 0.3) is 5.91 Å². The van der Waals surface area contributed by atoms with Crippen LogP contribution in [0.25, 0.3) is 11.4 Å². The zero-order valence-corrected chi connectivity index (χ0v) is 15.2. The highest BCUT2D eigenvalue weighted by atomic mass is 16.1. The molecular formula is C21H21N5O. The number of anilines is 1. The van der Waals surface area contributed by atoms with Gasteiger partial charge >= 0.3 is 0 Å². The van der Waals surface area contributed by atoms with Crippen molar-refractivity contribution in [2.45, 2.75) is 12.8 Å². The molecule has 6 nitrogen and oxygen atoms in total. The van der Waals surface area contributed by atoms with E-state index in [-0.39, 0.29) is 5.91 Å². The Labute approximate surface area is 158 Å². The number of amides is 1. The number of nitrogens with zero attached hydrogens (tertiary/aromatic N) is 4. The van der Waals surface area contributed by atoms with E-state index in [1.165, 1.54) is 0 Å². The van der Waals surface area contributed by atoms with Crippen LogP contribution in [0, 0.1) is 0 Å². The quantitative estimate of drug-likeness (QED) is 0.758. The van der Waals surface area contributed by atoms with Crippen LogP contribution < -0.4 is 10.2 Å². The van der Waals surface area contributed by atoms with E-state index in [9.17, 15) is 4.79 Å². The van der Waals surface area contributed by atoms with E-state index in [4.69, 9.17) is 4.98 Å². The molecule has 1 amide bonds. The van der Waals surface area contributed by atoms with Crippen LogP contribution in [0.3, 0.4) is 0 Å². The zero-order valence-electron chi connectivity index (χ0n) is 15.2. The first-order valence-electron chi connectivity index (χ1n) is 9.08. The van der Waals surface area contributed by atoms with Crippen molar-refractivity contribution in [2.24, 2.45) is 0 Å². The summed E-state index contributed by atoms with van der Waals surface area (Å²) in [5.74, 6) is 1.27. The van der Waals surface area contributed by atoms with Gasteiger partial charge in [0.1, 0.15) is 11.5 Å². The Morgan fingerprint density at radius 2 is 1.89 bits per heavy atom. The summed E-state index contributed by atoms with van der Waals surface area (Å²) < 4.78 is 0. The van der Waals surface area contributed by atoms with E-state index in [0.717, 1.165) is 42.0 Å². The molecule has 0 unspecified atom stereocenters. The molecule has 6 heteroatoms. The van der Waals surface area contributed by atoms with Gasteiger partial charge in [0.15, 0.2) is 5.82 Å². The maximum Gasteiger partial charge on any atom is 0.270 e. The molecule has 1 aromatic carbocycles. The van der Waals surface area contributed by atoms with Crippen molar-refractivity contribution in [3.8, 4) is 11.4 Å². The molecule has 136 valence electrons. The summed E-state index contributed by atoms with van der Waals surface area (Å²) in [6, 6.07) is 15.7. The molecular weight excluding hydrogens is 338 g/mol. The van der Waals surface area contributed by atoms with Gasteiger partial charge in [0, 0.05) is 49.6 Å². The van der Waals surface area contributed by atoms with Gasteiger partial charge in [0.05, 0.1) is 0 Å². The Balaban J connectivity index is 1.69. The lowest BCUT2D eigenvalue weighted by Crippen LogP contribution is -2.35. The molecule has 1 N–H and O–H groups in total. The number of benzene rings is 1. The van der Waals surface area contributed by atoms with Gasteiger partial charge < -0.3 is 10.2 Å². The predicted molar refractivity (Wildman–Crippen MR) is 105 cm³/mol. The predicted octanol–water partition coefficient (Wildman–Crippen LogP) is 2.50. The minimum atomic E-state index is -0.129. The van der Waals surface area contributed by atoms with Gasteiger partial charge in [-0.1, -0.05) is 36.4 Å². The molecule has 0 saturated carbocycles. The fourth-order valence-electron chi connectivity index (χ4n) is 3.24. The van der Waals surface area contributed by atoms with Gasteiger partial charge in [-0.25, -0.2) is 9.97 Å². The Morgan fingerprint density at radius 1 is 1.07 bits per heavy atom. The molecule has 0 fully saturated rings. The van der Waals surface area contributed by atoms with Crippen molar-refractivity contribution in [3.05, 3.63) is 71.7 Å². The van der Waals surface area contributed by atoms with Crippen molar-refractivity contribution in [1.29, 1.82) is 0 Å². The molecule has 0 aliphatic carbocycles. The smallest absolute Gasteiger partial charge is 0.270 e. The van der Waals surface area contributed by atoms with Crippen molar-refractivity contribution >= 4 is 11.7 Å². The highest BCUT2D eigenvalue weighted by Crippen LogP contribution is 2.27. The van der Waals surface area contributed by atoms with Crippen LogP contribution in [-0.4, -0.2) is 41.0 Å². The number of likely N-dealkylation sites (N-methyl/N-ethyl adjacent to an activating group) is 1. The summed E-state index contributed by atoms with van der Waals surface area (Å²) in [7, 11) is 2.01. The van der Waals surface area contributed by atoms with Crippen LogP contribution in [0.1, 0.15) is 21.7 Å². The minimum Gasteiger partial charge on any atom is -0.359 e. The van der Waals surface area contributed by atoms with E-state index < -0.39 is 0 Å². The van der Waals surface area contributed by atoms with E-state index in [1.54, 1.807) is 6.20 Å². The highest BCUT2D eigenvalue weighted by molar-refractivity contribution is 5.96. The Bertz CT molecular complexity index is 944. The summed E-state index contributed by atoms with van der Waals surface area (Å²) in [6.45, 7) is 1.37.